The molecule has 0 bridgehead atoms. The van der Waals surface area contributed by atoms with E-state index in [-0.39, 0.29) is 23.9 Å². The van der Waals surface area contributed by atoms with Crippen LogP contribution in [0.2, 0.25) is 0 Å². The van der Waals surface area contributed by atoms with Crippen LogP contribution in [0.1, 0.15) is 80.6 Å². The van der Waals surface area contributed by atoms with E-state index in [0.717, 1.165) is 31.4 Å². The molecule has 1 aromatic rings. The van der Waals surface area contributed by atoms with E-state index in [1.165, 1.54) is 31.3 Å². The summed E-state index contributed by atoms with van der Waals surface area (Å²) in [7, 11) is 0. The predicted molar refractivity (Wildman–Crippen MR) is 117 cm³/mol. The molecule has 1 aliphatic carbocycles. The molecule has 0 spiro atoms. The highest BCUT2D eigenvalue weighted by Crippen LogP contribution is 2.27. The van der Waals surface area contributed by atoms with Crippen molar-refractivity contribution in [2.45, 2.75) is 70.8 Å². The van der Waals surface area contributed by atoms with E-state index in [2.05, 4.69) is 22.8 Å². The molecule has 0 aromatic heterocycles. The van der Waals surface area contributed by atoms with E-state index in [0.29, 0.717) is 18.7 Å². The van der Waals surface area contributed by atoms with Gasteiger partial charge in [0, 0.05) is 37.2 Å². The van der Waals surface area contributed by atoms with Gasteiger partial charge in [0.05, 0.1) is 0 Å². The van der Waals surface area contributed by atoms with E-state index >= 15 is 0 Å². The molecule has 2 N–H and O–H groups in total. The molecule has 0 radical (unpaired) electrons. The highest BCUT2D eigenvalue weighted by atomic mass is 16.2. The molecule has 3 amide bonds. The van der Waals surface area contributed by atoms with Crippen molar-refractivity contribution in [2.24, 2.45) is 0 Å². The average Bonchev–Trinajstić information content (AvgIpc) is 2.74. The largest absolute Gasteiger partial charge is 0.352 e. The van der Waals surface area contributed by atoms with Crippen molar-refractivity contribution in [1.82, 2.24) is 15.5 Å². The molecule has 0 unspecified atom stereocenters. The third-order valence-electron chi connectivity index (χ3n) is 5.86. The topological polar surface area (TPSA) is 61.4 Å². The third kappa shape index (κ3) is 6.34. The Morgan fingerprint density at radius 3 is 2.83 bits per heavy atom. The first-order valence-corrected chi connectivity index (χ1v) is 11.1. The molecule has 0 saturated carbocycles. The Hall–Kier alpha value is -2.30. The van der Waals surface area contributed by atoms with Crippen molar-refractivity contribution in [3.05, 3.63) is 47.0 Å². The van der Waals surface area contributed by atoms with Gasteiger partial charge in [0.15, 0.2) is 0 Å². The molecule has 5 heteroatoms. The fourth-order valence-corrected chi connectivity index (χ4v) is 4.28. The summed E-state index contributed by atoms with van der Waals surface area (Å²) in [4.78, 5) is 26.9. The minimum absolute atomic E-state index is 0.00604. The molecule has 29 heavy (non-hydrogen) atoms. The maximum Gasteiger partial charge on any atom is 0.317 e. The number of carbonyl (C=O) groups excluding carboxylic acids is 2. The molecule has 1 saturated heterocycles. The zero-order valence-electron chi connectivity index (χ0n) is 17.9. The molecule has 1 aliphatic heterocycles. The number of likely N-dealkylation sites (tertiary alicyclic amines) is 1. The average molecular weight is 398 g/mol. The van der Waals surface area contributed by atoms with Gasteiger partial charge in [0.1, 0.15) is 0 Å². The summed E-state index contributed by atoms with van der Waals surface area (Å²) >= 11 is 0. The standard InChI is InChI=1S/C24H35N3O2/c1-18(2)26-24(29)27-15-7-12-22(17-27)20-10-6-11-21(16-20)23(28)25-14-13-19-8-4-3-5-9-19/h6,8,10-11,16,18,22H,3-5,7,9,12-15,17H2,1-2H3,(H,25,28)(H,26,29)/t22-/m1/s1. The van der Waals surface area contributed by atoms with Crippen molar-refractivity contribution in [2.75, 3.05) is 19.6 Å². The Bertz CT molecular complexity index is 741. The van der Waals surface area contributed by atoms with E-state index < -0.39 is 0 Å². The number of amides is 3. The molecule has 1 aromatic carbocycles. The molecular formula is C24H35N3O2. The third-order valence-corrected chi connectivity index (χ3v) is 5.86. The fourth-order valence-electron chi connectivity index (χ4n) is 4.28. The van der Waals surface area contributed by atoms with Gasteiger partial charge < -0.3 is 15.5 Å². The first kappa shape index (κ1) is 21.4. The first-order valence-electron chi connectivity index (χ1n) is 11.1. The lowest BCUT2D eigenvalue weighted by Gasteiger charge is -2.33. The van der Waals surface area contributed by atoms with Gasteiger partial charge in [-0.15, -0.1) is 0 Å². The number of hydrogen-bond donors (Lipinski definition) is 2. The van der Waals surface area contributed by atoms with E-state index in [1.807, 2.05) is 36.9 Å². The SMILES string of the molecule is CC(C)NC(=O)N1CCC[C@@H](c2cccc(C(=O)NCCC3=CCCCC3)c2)C1. The van der Waals surface area contributed by atoms with Gasteiger partial charge >= 0.3 is 6.03 Å². The van der Waals surface area contributed by atoms with Gasteiger partial charge in [0.2, 0.25) is 0 Å². The molecule has 1 atom stereocenters. The summed E-state index contributed by atoms with van der Waals surface area (Å²) in [5.41, 5.74) is 3.34. The van der Waals surface area contributed by atoms with Crippen molar-refractivity contribution in [3.63, 3.8) is 0 Å². The minimum atomic E-state index is -0.00604. The van der Waals surface area contributed by atoms with Crippen LogP contribution in [0.3, 0.4) is 0 Å². The Balaban J connectivity index is 1.56. The molecule has 1 fully saturated rings. The number of nitrogens with zero attached hydrogens (tertiary/aromatic N) is 1. The number of benzene rings is 1. The van der Waals surface area contributed by atoms with Crippen LogP contribution in [0, 0.1) is 0 Å². The van der Waals surface area contributed by atoms with Crippen LogP contribution in [0.15, 0.2) is 35.9 Å². The van der Waals surface area contributed by atoms with E-state index in [1.54, 1.807) is 0 Å². The second-order valence-corrected chi connectivity index (χ2v) is 8.63. The molecular weight excluding hydrogens is 362 g/mol. The Labute approximate surface area is 174 Å². The smallest absolute Gasteiger partial charge is 0.317 e. The lowest BCUT2D eigenvalue weighted by atomic mass is 9.89. The van der Waals surface area contributed by atoms with Crippen molar-refractivity contribution < 1.29 is 9.59 Å². The van der Waals surface area contributed by atoms with Gasteiger partial charge in [-0.1, -0.05) is 23.8 Å². The van der Waals surface area contributed by atoms with E-state index in [9.17, 15) is 9.59 Å². The Morgan fingerprint density at radius 2 is 2.07 bits per heavy atom. The maximum absolute atomic E-state index is 12.6. The summed E-state index contributed by atoms with van der Waals surface area (Å²) in [5.74, 6) is 0.273. The van der Waals surface area contributed by atoms with Crippen molar-refractivity contribution >= 4 is 11.9 Å². The second kappa shape index (κ2) is 10.5. The van der Waals surface area contributed by atoms with Gasteiger partial charge in [-0.2, -0.15) is 0 Å². The maximum atomic E-state index is 12.6. The van der Waals surface area contributed by atoms with Crippen LogP contribution in [0.25, 0.3) is 0 Å². The lowest BCUT2D eigenvalue weighted by molar-refractivity contribution is 0.0953. The number of allylic oxidation sites excluding steroid dienone is 1. The molecule has 5 nitrogen and oxygen atoms in total. The normalized spacial score (nSPS) is 19.6. The summed E-state index contributed by atoms with van der Waals surface area (Å²) < 4.78 is 0. The van der Waals surface area contributed by atoms with Crippen LogP contribution >= 0.6 is 0 Å². The molecule has 2 aliphatic rings. The van der Waals surface area contributed by atoms with Crippen LogP contribution in [-0.2, 0) is 0 Å². The highest BCUT2D eigenvalue weighted by Gasteiger charge is 2.25. The number of carbonyl (C=O) groups is 2. The summed E-state index contributed by atoms with van der Waals surface area (Å²) in [5, 5.41) is 6.05. The van der Waals surface area contributed by atoms with Crippen LogP contribution < -0.4 is 10.6 Å². The monoisotopic (exact) mass is 397 g/mol. The van der Waals surface area contributed by atoms with Gasteiger partial charge in [-0.25, -0.2) is 4.79 Å². The number of piperidine rings is 1. The van der Waals surface area contributed by atoms with Crippen molar-refractivity contribution in [3.8, 4) is 0 Å². The lowest BCUT2D eigenvalue weighted by Crippen LogP contribution is -2.47. The summed E-state index contributed by atoms with van der Waals surface area (Å²) in [6, 6.07) is 8.07. The van der Waals surface area contributed by atoms with Crippen LogP contribution in [0.4, 0.5) is 4.79 Å². The molecule has 1 heterocycles. The number of urea groups is 1. The number of nitrogens with one attached hydrogen (secondary N) is 2. The fraction of sp³-hybridized carbons (Fsp3) is 0.583. The molecule has 3 rings (SSSR count). The molecule has 158 valence electrons. The first-order chi connectivity index (χ1) is 14.0. The van der Waals surface area contributed by atoms with Crippen molar-refractivity contribution in [1.29, 1.82) is 0 Å². The highest BCUT2D eigenvalue weighted by molar-refractivity contribution is 5.94. The summed E-state index contributed by atoms with van der Waals surface area (Å²) in [6.07, 6.45) is 10.2. The summed E-state index contributed by atoms with van der Waals surface area (Å²) in [6.45, 7) is 6.16. The quantitative estimate of drug-likeness (QED) is 0.689. The van der Waals surface area contributed by atoms with Crippen LogP contribution in [-0.4, -0.2) is 42.5 Å². The van der Waals surface area contributed by atoms with Gasteiger partial charge in [-0.3, -0.25) is 4.79 Å². The zero-order valence-corrected chi connectivity index (χ0v) is 17.9. The predicted octanol–water partition coefficient (Wildman–Crippen LogP) is 4.60. The number of hydrogen-bond acceptors (Lipinski definition) is 2. The van der Waals surface area contributed by atoms with Crippen LogP contribution in [0.5, 0.6) is 0 Å². The number of rotatable bonds is 6. The van der Waals surface area contributed by atoms with Gasteiger partial charge in [0.25, 0.3) is 5.91 Å². The second-order valence-electron chi connectivity index (χ2n) is 8.63. The minimum Gasteiger partial charge on any atom is -0.352 e. The Morgan fingerprint density at radius 1 is 1.21 bits per heavy atom. The van der Waals surface area contributed by atoms with Gasteiger partial charge in [-0.05, 0) is 76.5 Å². The van der Waals surface area contributed by atoms with E-state index in [4.69, 9.17) is 0 Å². The zero-order chi connectivity index (χ0) is 20.6. The Kier molecular flexibility index (Phi) is 7.73.